The Labute approximate surface area is 137 Å². The largest absolute Gasteiger partial charge is 0.497 e. The maximum atomic E-state index is 12.3. The highest BCUT2D eigenvalue weighted by Gasteiger charge is 2.33. The first kappa shape index (κ1) is 14.8. The van der Waals surface area contributed by atoms with E-state index in [4.69, 9.17) is 9.47 Å². The van der Waals surface area contributed by atoms with Crippen LogP contribution in [0.2, 0.25) is 0 Å². The normalized spacial score (nSPS) is 14.4. The molecule has 1 aliphatic rings. The molecule has 2 heterocycles. The molecule has 5 nitrogen and oxygen atoms in total. The molecule has 1 aromatic heterocycles. The lowest BCUT2D eigenvalue weighted by atomic mass is 10.1. The molecule has 1 amide bonds. The molecule has 1 aliphatic heterocycles. The summed E-state index contributed by atoms with van der Waals surface area (Å²) in [7, 11) is 1.60. The minimum atomic E-state index is -0.0200. The highest BCUT2D eigenvalue weighted by atomic mass is 79.9. The van der Waals surface area contributed by atoms with Crippen molar-refractivity contribution in [1.82, 2.24) is 9.88 Å². The number of likely N-dealkylation sites (tertiary alicyclic amines) is 1. The quantitative estimate of drug-likeness (QED) is 0.838. The number of benzene rings is 1. The molecular formula is C16H15BrN2O3. The fourth-order valence-corrected chi connectivity index (χ4v) is 2.56. The summed E-state index contributed by atoms with van der Waals surface area (Å²) in [6.45, 7) is 1.13. The monoisotopic (exact) mass is 362 g/mol. The van der Waals surface area contributed by atoms with Gasteiger partial charge in [-0.15, -0.1) is 0 Å². The van der Waals surface area contributed by atoms with Gasteiger partial charge in [0.05, 0.1) is 24.7 Å². The smallest absolute Gasteiger partial charge is 0.254 e. The van der Waals surface area contributed by atoms with Crippen LogP contribution in [0.3, 0.4) is 0 Å². The van der Waals surface area contributed by atoms with Gasteiger partial charge in [0.2, 0.25) is 5.88 Å². The van der Waals surface area contributed by atoms with E-state index in [1.165, 1.54) is 0 Å². The number of hydrogen-bond acceptors (Lipinski definition) is 4. The Balaban J connectivity index is 1.56. The van der Waals surface area contributed by atoms with Crippen LogP contribution in [0.1, 0.15) is 10.4 Å². The number of aromatic nitrogens is 1. The molecule has 114 valence electrons. The van der Waals surface area contributed by atoms with Crippen LogP contribution in [0.5, 0.6) is 11.6 Å². The van der Waals surface area contributed by atoms with Gasteiger partial charge in [-0.2, -0.15) is 0 Å². The number of ether oxygens (including phenoxy) is 2. The fourth-order valence-electron chi connectivity index (χ4n) is 2.21. The van der Waals surface area contributed by atoms with E-state index in [0.29, 0.717) is 24.5 Å². The average Bonchev–Trinajstić information content (AvgIpc) is 2.51. The van der Waals surface area contributed by atoms with Gasteiger partial charge in [-0.1, -0.05) is 0 Å². The topological polar surface area (TPSA) is 51.7 Å². The summed E-state index contributed by atoms with van der Waals surface area (Å²) in [5.74, 6) is 1.30. The van der Waals surface area contributed by atoms with E-state index < -0.39 is 0 Å². The van der Waals surface area contributed by atoms with E-state index in [9.17, 15) is 4.79 Å². The predicted octanol–water partition coefficient (Wildman–Crippen LogP) is 2.76. The van der Waals surface area contributed by atoms with Crippen LogP contribution in [-0.4, -0.2) is 42.1 Å². The van der Waals surface area contributed by atoms with Gasteiger partial charge in [0, 0.05) is 11.8 Å². The van der Waals surface area contributed by atoms with Crippen molar-refractivity contribution >= 4 is 21.8 Å². The first-order valence-corrected chi connectivity index (χ1v) is 7.67. The molecule has 3 rings (SSSR count). The molecule has 1 saturated heterocycles. The van der Waals surface area contributed by atoms with E-state index >= 15 is 0 Å². The minimum Gasteiger partial charge on any atom is -0.497 e. The molecule has 1 fully saturated rings. The third-order valence-electron chi connectivity index (χ3n) is 3.48. The summed E-state index contributed by atoms with van der Waals surface area (Å²) in [5.41, 5.74) is 0.651. The van der Waals surface area contributed by atoms with Gasteiger partial charge in [0.15, 0.2) is 0 Å². The van der Waals surface area contributed by atoms with Gasteiger partial charge in [-0.3, -0.25) is 4.79 Å². The second-order valence-electron chi connectivity index (χ2n) is 4.97. The van der Waals surface area contributed by atoms with Crippen molar-refractivity contribution in [3.63, 3.8) is 0 Å². The molecule has 0 N–H and O–H groups in total. The number of pyridine rings is 1. The summed E-state index contributed by atoms with van der Waals surface area (Å²) in [6.07, 6.45) is 1.66. The maximum Gasteiger partial charge on any atom is 0.254 e. The van der Waals surface area contributed by atoms with Gasteiger partial charge < -0.3 is 14.4 Å². The van der Waals surface area contributed by atoms with Gasteiger partial charge in [0.1, 0.15) is 11.9 Å². The van der Waals surface area contributed by atoms with Crippen LogP contribution < -0.4 is 9.47 Å². The Morgan fingerprint density at radius 2 is 2.00 bits per heavy atom. The number of halogens is 1. The summed E-state index contributed by atoms with van der Waals surface area (Å²) >= 11 is 3.39. The Hall–Kier alpha value is -2.08. The van der Waals surface area contributed by atoms with Crippen molar-refractivity contribution in [3.05, 3.63) is 52.6 Å². The predicted molar refractivity (Wildman–Crippen MR) is 85.3 cm³/mol. The summed E-state index contributed by atoms with van der Waals surface area (Å²) < 4.78 is 11.7. The zero-order chi connectivity index (χ0) is 15.5. The lowest BCUT2D eigenvalue weighted by molar-refractivity contribution is 0.0157. The standard InChI is InChI=1S/C16H15BrN2O3/c1-21-12-6-4-11(5-7-12)16(20)19-9-13(10-19)22-15-14(17)3-2-8-18-15/h2-8,13H,9-10H2,1H3. The first-order valence-electron chi connectivity index (χ1n) is 6.88. The van der Waals surface area contributed by atoms with Crippen LogP contribution in [0.25, 0.3) is 0 Å². The SMILES string of the molecule is COc1ccc(C(=O)N2CC(Oc3ncccc3Br)C2)cc1. The van der Waals surface area contributed by atoms with Gasteiger partial charge in [0.25, 0.3) is 5.91 Å². The minimum absolute atomic E-state index is 0.00240. The van der Waals surface area contributed by atoms with Crippen LogP contribution in [0.15, 0.2) is 47.1 Å². The van der Waals surface area contributed by atoms with Crippen LogP contribution in [0, 0.1) is 0 Å². The van der Waals surface area contributed by atoms with E-state index in [-0.39, 0.29) is 12.0 Å². The number of nitrogens with zero attached hydrogens (tertiary/aromatic N) is 2. The third-order valence-corrected chi connectivity index (χ3v) is 4.08. The van der Waals surface area contributed by atoms with Crippen molar-refractivity contribution in [2.75, 3.05) is 20.2 Å². The van der Waals surface area contributed by atoms with E-state index in [2.05, 4.69) is 20.9 Å². The van der Waals surface area contributed by atoms with Crippen molar-refractivity contribution in [2.45, 2.75) is 6.10 Å². The molecule has 0 saturated carbocycles. The molecular weight excluding hydrogens is 348 g/mol. The summed E-state index contributed by atoms with van der Waals surface area (Å²) in [6, 6.07) is 10.8. The van der Waals surface area contributed by atoms with E-state index in [1.54, 1.807) is 42.5 Å². The first-order chi connectivity index (χ1) is 10.7. The summed E-state index contributed by atoms with van der Waals surface area (Å²) in [4.78, 5) is 18.2. The van der Waals surface area contributed by atoms with Crippen molar-refractivity contribution in [2.24, 2.45) is 0 Å². The Morgan fingerprint density at radius 3 is 2.64 bits per heavy atom. The number of carbonyl (C=O) groups excluding carboxylic acids is 1. The number of rotatable bonds is 4. The molecule has 0 aliphatic carbocycles. The number of methoxy groups -OCH3 is 1. The molecule has 0 unspecified atom stereocenters. The van der Waals surface area contributed by atoms with Crippen LogP contribution >= 0.6 is 15.9 Å². The lowest BCUT2D eigenvalue weighted by Gasteiger charge is -2.38. The zero-order valence-electron chi connectivity index (χ0n) is 12.0. The number of amides is 1. The van der Waals surface area contributed by atoms with Crippen molar-refractivity contribution in [3.8, 4) is 11.6 Å². The lowest BCUT2D eigenvalue weighted by Crippen LogP contribution is -2.56. The Kier molecular flexibility index (Phi) is 4.29. The average molecular weight is 363 g/mol. The molecule has 1 aromatic carbocycles. The molecule has 0 radical (unpaired) electrons. The van der Waals surface area contributed by atoms with Gasteiger partial charge >= 0.3 is 0 Å². The highest BCUT2D eigenvalue weighted by Crippen LogP contribution is 2.25. The van der Waals surface area contributed by atoms with Crippen molar-refractivity contribution in [1.29, 1.82) is 0 Å². The molecule has 0 spiro atoms. The van der Waals surface area contributed by atoms with E-state index in [1.807, 2.05) is 12.1 Å². The Morgan fingerprint density at radius 1 is 1.27 bits per heavy atom. The molecule has 0 atom stereocenters. The fraction of sp³-hybridized carbons (Fsp3) is 0.250. The van der Waals surface area contributed by atoms with E-state index in [0.717, 1.165) is 10.2 Å². The molecule has 22 heavy (non-hydrogen) atoms. The third kappa shape index (κ3) is 3.06. The highest BCUT2D eigenvalue weighted by molar-refractivity contribution is 9.10. The molecule has 0 bridgehead atoms. The maximum absolute atomic E-state index is 12.3. The van der Waals surface area contributed by atoms with Crippen LogP contribution in [-0.2, 0) is 0 Å². The molecule has 6 heteroatoms. The summed E-state index contributed by atoms with van der Waals surface area (Å²) in [5, 5.41) is 0. The number of hydrogen-bond donors (Lipinski definition) is 0. The van der Waals surface area contributed by atoms with Gasteiger partial charge in [-0.25, -0.2) is 4.98 Å². The van der Waals surface area contributed by atoms with Gasteiger partial charge in [-0.05, 0) is 52.3 Å². The Bertz CT molecular complexity index is 669. The number of carbonyl (C=O) groups is 1. The van der Waals surface area contributed by atoms with Crippen molar-refractivity contribution < 1.29 is 14.3 Å². The second-order valence-corrected chi connectivity index (χ2v) is 5.82. The molecule has 2 aromatic rings. The second kappa shape index (κ2) is 6.36. The zero-order valence-corrected chi connectivity index (χ0v) is 13.6. The van der Waals surface area contributed by atoms with Crippen LogP contribution in [0.4, 0.5) is 0 Å².